The van der Waals surface area contributed by atoms with E-state index in [1.807, 2.05) is 0 Å². The van der Waals surface area contributed by atoms with Crippen LogP contribution < -0.4 is 24.2 Å². The van der Waals surface area contributed by atoms with Crippen LogP contribution in [0.15, 0.2) is 47.4 Å². The summed E-state index contributed by atoms with van der Waals surface area (Å²) in [5, 5.41) is 2.71. The van der Waals surface area contributed by atoms with E-state index in [1.54, 1.807) is 30.3 Å². The lowest BCUT2D eigenvalue weighted by atomic mass is 10.1. The maximum absolute atomic E-state index is 12.4. The van der Waals surface area contributed by atoms with Crippen molar-refractivity contribution in [2.45, 2.75) is 37.5 Å². The van der Waals surface area contributed by atoms with Crippen molar-refractivity contribution in [3.8, 4) is 17.2 Å². The molecule has 9 heteroatoms. The molecule has 0 heterocycles. The lowest BCUT2D eigenvalue weighted by Gasteiger charge is -2.12. The van der Waals surface area contributed by atoms with Crippen LogP contribution in [-0.4, -0.2) is 42.2 Å². The van der Waals surface area contributed by atoms with Crippen LogP contribution in [0, 0.1) is 0 Å². The van der Waals surface area contributed by atoms with E-state index in [4.69, 9.17) is 14.2 Å². The highest BCUT2D eigenvalue weighted by atomic mass is 32.2. The lowest BCUT2D eigenvalue weighted by molar-refractivity contribution is -0.111. The molecule has 0 saturated carbocycles. The molecular weight excluding hydrogens is 444 g/mol. The van der Waals surface area contributed by atoms with E-state index < -0.39 is 10.0 Å². The van der Waals surface area contributed by atoms with Crippen molar-refractivity contribution >= 4 is 27.7 Å². The predicted octanol–water partition coefficient (Wildman–Crippen LogP) is 4.22. The van der Waals surface area contributed by atoms with E-state index in [-0.39, 0.29) is 10.8 Å². The largest absolute Gasteiger partial charge is 0.493 e. The average Bonchev–Trinajstić information content (AvgIpc) is 2.82. The van der Waals surface area contributed by atoms with E-state index in [0.29, 0.717) is 35.0 Å². The number of amides is 1. The number of carbonyl (C=O) groups is 1. The second-order valence-electron chi connectivity index (χ2n) is 7.26. The van der Waals surface area contributed by atoms with Crippen molar-refractivity contribution < 1.29 is 27.4 Å². The summed E-state index contributed by atoms with van der Waals surface area (Å²) in [7, 11) is 0.983. The van der Waals surface area contributed by atoms with Crippen LogP contribution in [0.4, 0.5) is 5.69 Å². The summed E-state index contributed by atoms with van der Waals surface area (Å²) in [5.41, 5.74) is 1.17. The van der Waals surface area contributed by atoms with Crippen molar-refractivity contribution in [3.05, 3.63) is 48.0 Å². The van der Waals surface area contributed by atoms with E-state index in [1.165, 1.54) is 39.5 Å². The molecule has 2 aromatic carbocycles. The quantitative estimate of drug-likeness (QED) is 0.331. The van der Waals surface area contributed by atoms with Crippen LogP contribution in [-0.2, 0) is 14.8 Å². The van der Waals surface area contributed by atoms with Gasteiger partial charge in [-0.1, -0.05) is 26.2 Å². The van der Waals surface area contributed by atoms with Crippen LogP contribution in [0.2, 0.25) is 0 Å². The van der Waals surface area contributed by atoms with Gasteiger partial charge in [-0.15, -0.1) is 0 Å². The Bertz CT molecular complexity index is 1020. The highest BCUT2D eigenvalue weighted by Crippen LogP contribution is 2.38. The Morgan fingerprint density at radius 2 is 1.58 bits per heavy atom. The highest BCUT2D eigenvalue weighted by Gasteiger charge is 2.14. The Morgan fingerprint density at radius 1 is 0.939 bits per heavy atom. The van der Waals surface area contributed by atoms with Crippen LogP contribution in [0.1, 0.15) is 38.2 Å². The number of anilines is 1. The fraction of sp³-hybridized carbons (Fsp3) is 0.375. The Balaban J connectivity index is 2.00. The SMILES string of the molecule is CCCCCCNS(=O)(=O)c1ccc(NC(=O)C=Cc2cc(OC)c(OC)c(OC)c2)cc1. The number of methoxy groups -OCH3 is 3. The van der Waals surface area contributed by atoms with E-state index >= 15 is 0 Å². The molecule has 0 fully saturated rings. The standard InChI is InChI=1S/C24H32N2O6S/c1-5-6-7-8-15-25-33(28,29)20-12-10-19(11-13-20)26-23(27)14-9-18-16-21(30-2)24(32-4)22(17-18)31-3/h9-14,16-17,25H,5-8,15H2,1-4H3,(H,26,27). The highest BCUT2D eigenvalue weighted by molar-refractivity contribution is 7.89. The number of benzene rings is 2. The Morgan fingerprint density at radius 3 is 2.12 bits per heavy atom. The molecule has 33 heavy (non-hydrogen) atoms. The first-order valence-corrected chi connectivity index (χ1v) is 12.2. The lowest BCUT2D eigenvalue weighted by Crippen LogP contribution is -2.24. The summed E-state index contributed by atoms with van der Waals surface area (Å²) < 4.78 is 43.2. The molecule has 180 valence electrons. The van der Waals surface area contributed by atoms with Gasteiger partial charge in [-0.3, -0.25) is 4.79 Å². The van der Waals surface area contributed by atoms with Crippen LogP contribution in [0.25, 0.3) is 6.08 Å². The second kappa shape index (κ2) is 12.9. The molecule has 2 rings (SSSR count). The van der Waals surface area contributed by atoms with Gasteiger partial charge in [0.2, 0.25) is 21.7 Å². The predicted molar refractivity (Wildman–Crippen MR) is 130 cm³/mol. The molecule has 0 saturated heterocycles. The minimum Gasteiger partial charge on any atom is -0.493 e. The maximum Gasteiger partial charge on any atom is 0.248 e. The van der Waals surface area contributed by atoms with Crippen LogP contribution in [0.3, 0.4) is 0 Å². The van der Waals surface area contributed by atoms with Gasteiger partial charge in [-0.05, 0) is 54.5 Å². The first kappa shape index (κ1) is 26.2. The third-order valence-electron chi connectivity index (χ3n) is 4.87. The number of sulfonamides is 1. The topological polar surface area (TPSA) is 103 Å². The van der Waals surface area contributed by atoms with E-state index in [2.05, 4.69) is 17.0 Å². The summed E-state index contributed by atoms with van der Waals surface area (Å²) in [6.07, 6.45) is 6.96. The van der Waals surface area contributed by atoms with Crippen molar-refractivity contribution in [2.24, 2.45) is 0 Å². The number of nitrogens with one attached hydrogen (secondary N) is 2. The van der Waals surface area contributed by atoms with Crippen molar-refractivity contribution in [1.29, 1.82) is 0 Å². The van der Waals surface area contributed by atoms with Gasteiger partial charge < -0.3 is 19.5 Å². The minimum atomic E-state index is -3.57. The molecule has 0 unspecified atom stereocenters. The van der Waals surface area contributed by atoms with Gasteiger partial charge in [0.1, 0.15) is 0 Å². The van der Waals surface area contributed by atoms with Crippen LogP contribution >= 0.6 is 0 Å². The summed E-state index contributed by atoms with van der Waals surface area (Å²) >= 11 is 0. The Labute approximate surface area is 196 Å². The molecule has 0 radical (unpaired) electrons. The number of hydrogen-bond donors (Lipinski definition) is 2. The molecular formula is C24H32N2O6S. The van der Waals surface area contributed by atoms with Crippen LogP contribution in [0.5, 0.6) is 17.2 Å². The van der Waals surface area contributed by atoms with Gasteiger partial charge in [0, 0.05) is 18.3 Å². The normalized spacial score (nSPS) is 11.4. The first-order valence-electron chi connectivity index (χ1n) is 10.7. The van der Waals surface area contributed by atoms with E-state index in [9.17, 15) is 13.2 Å². The first-order chi connectivity index (χ1) is 15.8. The monoisotopic (exact) mass is 476 g/mol. The number of hydrogen-bond acceptors (Lipinski definition) is 6. The average molecular weight is 477 g/mol. The molecule has 0 aromatic heterocycles. The maximum atomic E-state index is 12.4. The van der Waals surface area contributed by atoms with Gasteiger partial charge in [0.15, 0.2) is 11.5 Å². The minimum absolute atomic E-state index is 0.156. The summed E-state index contributed by atoms with van der Waals surface area (Å²) in [4.78, 5) is 12.5. The van der Waals surface area contributed by atoms with E-state index in [0.717, 1.165) is 25.7 Å². The van der Waals surface area contributed by atoms with Gasteiger partial charge >= 0.3 is 0 Å². The number of rotatable bonds is 13. The van der Waals surface area contributed by atoms with Gasteiger partial charge in [0.05, 0.1) is 26.2 Å². The molecule has 0 atom stereocenters. The number of ether oxygens (including phenoxy) is 3. The molecule has 0 aliphatic heterocycles. The molecule has 8 nitrogen and oxygen atoms in total. The summed E-state index contributed by atoms with van der Waals surface area (Å²) in [5.74, 6) is 1.06. The third-order valence-corrected chi connectivity index (χ3v) is 6.35. The summed E-state index contributed by atoms with van der Waals surface area (Å²) in [6.45, 7) is 2.51. The molecule has 0 aliphatic rings. The molecule has 1 amide bonds. The molecule has 2 N–H and O–H groups in total. The molecule has 0 spiro atoms. The Hall–Kier alpha value is -3.04. The van der Waals surface area contributed by atoms with Gasteiger partial charge in [-0.25, -0.2) is 13.1 Å². The number of unbranched alkanes of at least 4 members (excludes halogenated alkanes) is 3. The summed E-state index contributed by atoms with van der Waals surface area (Å²) in [6, 6.07) is 9.48. The molecule has 0 bridgehead atoms. The van der Waals surface area contributed by atoms with Gasteiger partial charge in [-0.2, -0.15) is 0 Å². The van der Waals surface area contributed by atoms with Crippen molar-refractivity contribution in [2.75, 3.05) is 33.2 Å². The fourth-order valence-corrected chi connectivity index (χ4v) is 4.19. The van der Waals surface area contributed by atoms with Crippen molar-refractivity contribution in [1.82, 2.24) is 4.72 Å². The zero-order valence-corrected chi connectivity index (χ0v) is 20.3. The zero-order chi connectivity index (χ0) is 24.3. The molecule has 2 aromatic rings. The second-order valence-corrected chi connectivity index (χ2v) is 9.03. The molecule has 0 aliphatic carbocycles. The third kappa shape index (κ3) is 7.80. The Kier molecular flexibility index (Phi) is 10.2. The smallest absolute Gasteiger partial charge is 0.248 e. The number of carbonyl (C=O) groups excluding carboxylic acids is 1. The van der Waals surface area contributed by atoms with Gasteiger partial charge in [0.25, 0.3) is 0 Å². The van der Waals surface area contributed by atoms with Crippen molar-refractivity contribution in [3.63, 3.8) is 0 Å². The zero-order valence-electron chi connectivity index (χ0n) is 19.5. The fourth-order valence-electron chi connectivity index (χ4n) is 3.11.